The Morgan fingerprint density at radius 3 is 2.18 bits per heavy atom. The summed E-state index contributed by atoms with van der Waals surface area (Å²) >= 11 is 0. The van der Waals surface area contributed by atoms with Gasteiger partial charge in [0.25, 0.3) is 17.7 Å². The maximum atomic E-state index is 12.8. The van der Waals surface area contributed by atoms with Gasteiger partial charge in [-0.2, -0.15) is 0 Å². The van der Waals surface area contributed by atoms with Crippen molar-refractivity contribution in [1.29, 1.82) is 0 Å². The van der Waals surface area contributed by atoms with Gasteiger partial charge < -0.3 is 10.1 Å². The molecule has 144 valence electrons. The zero-order valence-corrected chi connectivity index (χ0v) is 14.8. The molecule has 0 aliphatic carbocycles. The third-order valence-corrected chi connectivity index (χ3v) is 4.18. The van der Waals surface area contributed by atoms with E-state index >= 15 is 0 Å². The molecule has 2 aromatic carbocycles. The minimum Gasteiger partial charge on any atom is -0.454 e. The number of nitrogens with one attached hydrogen (secondary N) is 1. The number of carbonyl (C=O) groups excluding carboxylic acids is 4. The minimum absolute atomic E-state index is 0.235. The van der Waals surface area contributed by atoms with Crippen LogP contribution in [0, 0.1) is 5.82 Å². The Morgan fingerprint density at radius 2 is 1.57 bits per heavy atom. The number of imide groups is 1. The van der Waals surface area contributed by atoms with Gasteiger partial charge in [0, 0.05) is 6.54 Å². The first-order valence-corrected chi connectivity index (χ1v) is 8.57. The number of amides is 3. The Labute approximate surface area is 160 Å². The highest BCUT2D eigenvalue weighted by molar-refractivity contribution is 6.22. The highest BCUT2D eigenvalue weighted by atomic mass is 19.1. The Morgan fingerprint density at radius 1 is 0.964 bits per heavy atom. The van der Waals surface area contributed by atoms with Gasteiger partial charge in [-0.15, -0.1) is 0 Å². The number of carbonyl (C=O) groups is 4. The van der Waals surface area contributed by atoms with Crippen LogP contribution >= 0.6 is 0 Å². The number of halogens is 1. The van der Waals surface area contributed by atoms with Gasteiger partial charge >= 0.3 is 5.97 Å². The van der Waals surface area contributed by atoms with Crippen molar-refractivity contribution in [2.45, 2.75) is 6.42 Å². The maximum absolute atomic E-state index is 12.8. The summed E-state index contributed by atoms with van der Waals surface area (Å²) in [6.45, 7) is -0.791. The molecule has 28 heavy (non-hydrogen) atoms. The minimum atomic E-state index is -0.858. The molecule has 3 rings (SSSR count). The number of benzene rings is 2. The van der Waals surface area contributed by atoms with Crippen molar-refractivity contribution in [1.82, 2.24) is 10.2 Å². The summed E-state index contributed by atoms with van der Waals surface area (Å²) in [5.74, 6) is -2.85. The molecule has 3 amide bonds. The number of ether oxygens (including phenoxy) is 1. The van der Waals surface area contributed by atoms with Gasteiger partial charge in [-0.05, 0) is 36.2 Å². The topological polar surface area (TPSA) is 92.8 Å². The lowest BCUT2D eigenvalue weighted by atomic mass is 10.1. The van der Waals surface area contributed by atoms with Gasteiger partial charge in [-0.3, -0.25) is 24.1 Å². The fourth-order valence-corrected chi connectivity index (χ4v) is 2.75. The van der Waals surface area contributed by atoms with Crippen molar-refractivity contribution < 1.29 is 28.3 Å². The zero-order chi connectivity index (χ0) is 20.1. The Hall–Kier alpha value is -3.55. The quantitative estimate of drug-likeness (QED) is 0.574. The molecule has 1 N–H and O–H groups in total. The molecule has 0 unspecified atom stereocenters. The average molecular weight is 384 g/mol. The van der Waals surface area contributed by atoms with Crippen LogP contribution in [-0.2, 0) is 20.7 Å². The third-order valence-electron chi connectivity index (χ3n) is 4.18. The number of hydrogen-bond acceptors (Lipinski definition) is 5. The van der Waals surface area contributed by atoms with E-state index in [4.69, 9.17) is 4.74 Å². The highest BCUT2D eigenvalue weighted by Crippen LogP contribution is 2.22. The van der Waals surface area contributed by atoms with Crippen LogP contribution in [0.3, 0.4) is 0 Å². The second-order valence-electron chi connectivity index (χ2n) is 6.13. The molecule has 1 aliphatic rings. The van der Waals surface area contributed by atoms with Gasteiger partial charge in [0.2, 0.25) is 0 Å². The van der Waals surface area contributed by atoms with E-state index < -0.39 is 36.8 Å². The largest absolute Gasteiger partial charge is 0.454 e. The van der Waals surface area contributed by atoms with Crippen LogP contribution in [0.25, 0.3) is 0 Å². The van der Waals surface area contributed by atoms with Gasteiger partial charge in [0.15, 0.2) is 6.61 Å². The molecule has 0 bridgehead atoms. The SMILES string of the molecule is O=C(COC(=O)CN1C(=O)c2ccccc2C1=O)NCCc1ccc(F)cc1. The molecule has 0 saturated heterocycles. The predicted molar refractivity (Wildman–Crippen MR) is 95.9 cm³/mol. The lowest BCUT2D eigenvalue weighted by molar-refractivity contribution is -0.148. The molecular formula is C20H17FN2O5. The molecule has 0 spiro atoms. The number of fused-ring (bicyclic) bond motifs is 1. The summed E-state index contributed by atoms with van der Waals surface area (Å²) in [4.78, 5) is 48.8. The molecular weight excluding hydrogens is 367 g/mol. The maximum Gasteiger partial charge on any atom is 0.326 e. The smallest absolute Gasteiger partial charge is 0.326 e. The Kier molecular flexibility index (Phi) is 5.78. The first kappa shape index (κ1) is 19.2. The molecule has 0 aromatic heterocycles. The van der Waals surface area contributed by atoms with Crippen LogP contribution < -0.4 is 5.32 Å². The summed E-state index contributed by atoms with van der Waals surface area (Å²) in [7, 11) is 0. The number of esters is 1. The van der Waals surface area contributed by atoms with Crippen molar-refractivity contribution in [3.63, 3.8) is 0 Å². The van der Waals surface area contributed by atoms with E-state index in [1.807, 2.05) is 0 Å². The second kappa shape index (κ2) is 8.43. The van der Waals surface area contributed by atoms with Crippen LogP contribution in [-0.4, -0.2) is 48.3 Å². The predicted octanol–water partition coefficient (Wildman–Crippen LogP) is 1.32. The van der Waals surface area contributed by atoms with Crippen LogP contribution in [0.2, 0.25) is 0 Å². The fraction of sp³-hybridized carbons (Fsp3) is 0.200. The van der Waals surface area contributed by atoms with Crippen LogP contribution in [0.4, 0.5) is 4.39 Å². The molecule has 8 heteroatoms. The van der Waals surface area contributed by atoms with Gasteiger partial charge in [0.1, 0.15) is 12.4 Å². The second-order valence-corrected chi connectivity index (χ2v) is 6.13. The van der Waals surface area contributed by atoms with Crippen LogP contribution in [0.1, 0.15) is 26.3 Å². The lowest BCUT2D eigenvalue weighted by Gasteiger charge is -2.13. The van der Waals surface area contributed by atoms with E-state index in [0.717, 1.165) is 10.5 Å². The number of hydrogen-bond donors (Lipinski definition) is 1. The summed E-state index contributed by atoms with van der Waals surface area (Å²) in [6, 6.07) is 12.2. The van der Waals surface area contributed by atoms with Crippen molar-refractivity contribution in [3.05, 3.63) is 71.0 Å². The van der Waals surface area contributed by atoms with Crippen LogP contribution in [0.15, 0.2) is 48.5 Å². The summed E-state index contributed by atoms with van der Waals surface area (Å²) in [6.07, 6.45) is 0.495. The van der Waals surface area contributed by atoms with E-state index in [1.54, 1.807) is 24.3 Å². The highest BCUT2D eigenvalue weighted by Gasteiger charge is 2.36. The Balaban J connectivity index is 1.41. The van der Waals surface area contributed by atoms with E-state index in [0.29, 0.717) is 13.0 Å². The van der Waals surface area contributed by atoms with Gasteiger partial charge in [0.05, 0.1) is 11.1 Å². The van der Waals surface area contributed by atoms with E-state index in [-0.39, 0.29) is 16.9 Å². The Bertz CT molecular complexity index is 891. The van der Waals surface area contributed by atoms with Crippen molar-refractivity contribution in [2.24, 2.45) is 0 Å². The van der Waals surface area contributed by atoms with Crippen molar-refractivity contribution >= 4 is 23.7 Å². The molecule has 0 saturated carbocycles. The van der Waals surface area contributed by atoms with E-state index in [1.165, 1.54) is 24.3 Å². The normalized spacial score (nSPS) is 12.7. The monoisotopic (exact) mass is 384 g/mol. The fourth-order valence-electron chi connectivity index (χ4n) is 2.75. The first-order valence-electron chi connectivity index (χ1n) is 8.57. The zero-order valence-electron chi connectivity index (χ0n) is 14.8. The third kappa shape index (κ3) is 4.40. The summed E-state index contributed by atoms with van der Waals surface area (Å²) in [5, 5.41) is 2.57. The lowest BCUT2D eigenvalue weighted by Crippen LogP contribution is -2.37. The van der Waals surface area contributed by atoms with Crippen LogP contribution in [0.5, 0.6) is 0 Å². The van der Waals surface area contributed by atoms with Crippen molar-refractivity contribution in [3.8, 4) is 0 Å². The molecule has 1 heterocycles. The number of nitrogens with zero attached hydrogens (tertiary/aromatic N) is 1. The number of rotatable bonds is 7. The van der Waals surface area contributed by atoms with E-state index in [9.17, 15) is 23.6 Å². The standard InChI is InChI=1S/C20H17FN2O5/c21-14-7-5-13(6-8-14)9-10-22-17(24)12-28-18(25)11-23-19(26)15-3-1-2-4-16(15)20(23)27/h1-8H,9-12H2,(H,22,24). The molecule has 0 atom stereocenters. The summed E-state index contributed by atoms with van der Waals surface area (Å²) in [5.41, 5.74) is 1.32. The summed E-state index contributed by atoms with van der Waals surface area (Å²) < 4.78 is 17.7. The average Bonchev–Trinajstić information content (AvgIpc) is 2.93. The van der Waals surface area contributed by atoms with Gasteiger partial charge in [-0.25, -0.2) is 4.39 Å². The van der Waals surface area contributed by atoms with Gasteiger partial charge in [-0.1, -0.05) is 24.3 Å². The van der Waals surface area contributed by atoms with E-state index in [2.05, 4.69) is 5.32 Å². The van der Waals surface area contributed by atoms with Crippen molar-refractivity contribution in [2.75, 3.05) is 19.7 Å². The first-order chi connectivity index (χ1) is 13.5. The molecule has 7 nitrogen and oxygen atoms in total. The molecule has 0 radical (unpaired) electrons. The molecule has 0 fully saturated rings. The molecule has 1 aliphatic heterocycles. The molecule has 2 aromatic rings.